The molecule has 5 saturated carbocycles. The lowest BCUT2D eigenvalue weighted by atomic mass is 9.52. The number of esters is 1. The highest BCUT2D eigenvalue weighted by molar-refractivity contribution is 5.75. The van der Waals surface area contributed by atoms with Crippen molar-refractivity contribution >= 4 is 12.0 Å². The van der Waals surface area contributed by atoms with E-state index in [9.17, 15) is 9.59 Å². The Labute approximate surface area is 175 Å². The Balaban J connectivity index is 1.23. The van der Waals surface area contributed by atoms with Crippen LogP contribution in [0.5, 0.6) is 0 Å². The van der Waals surface area contributed by atoms with Crippen LogP contribution in [-0.4, -0.2) is 41.6 Å². The summed E-state index contributed by atoms with van der Waals surface area (Å²) in [6.45, 7) is 4.02. The number of likely N-dealkylation sites (tertiary alicyclic amines) is 1. The molecule has 5 aliphatic carbocycles. The quantitative estimate of drug-likeness (QED) is 0.707. The van der Waals surface area contributed by atoms with Crippen molar-refractivity contribution in [3.8, 4) is 0 Å². The molecule has 5 heteroatoms. The zero-order valence-corrected chi connectivity index (χ0v) is 18.0. The number of amides is 2. The predicted molar refractivity (Wildman–Crippen MR) is 111 cm³/mol. The number of hydrogen-bond acceptors (Lipinski definition) is 3. The Hall–Kier alpha value is -1.26. The van der Waals surface area contributed by atoms with Gasteiger partial charge in [-0.3, -0.25) is 4.79 Å². The molecule has 2 unspecified atom stereocenters. The molecule has 0 aromatic carbocycles. The van der Waals surface area contributed by atoms with Crippen molar-refractivity contribution < 1.29 is 14.3 Å². The van der Waals surface area contributed by atoms with Crippen LogP contribution in [0.25, 0.3) is 0 Å². The van der Waals surface area contributed by atoms with Crippen LogP contribution < -0.4 is 5.32 Å². The summed E-state index contributed by atoms with van der Waals surface area (Å²) in [6.07, 6.45) is 13.3. The number of ether oxygens (including phenoxy) is 1. The molecule has 1 N–H and O–H groups in total. The number of carbonyl (C=O) groups excluding carboxylic acids is 2. The highest BCUT2D eigenvalue weighted by Gasteiger charge is 2.58. The largest absolute Gasteiger partial charge is 0.459 e. The van der Waals surface area contributed by atoms with Gasteiger partial charge < -0.3 is 15.0 Å². The van der Waals surface area contributed by atoms with E-state index in [2.05, 4.69) is 12.2 Å². The van der Waals surface area contributed by atoms with Gasteiger partial charge >= 0.3 is 12.0 Å². The molecule has 6 fully saturated rings. The summed E-state index contributed by atoms with van der Waals surface area (Å²) in [7, 11) is 0. The zero-order valence-electron chi connectivity index (χ0n) is 18.0. The van der Waals surface area contributed by atoms with E-state index in [0.717, 1.165) is 51.6 Å². The molecule has 3 atom stereocenters. The predicted octanol–water partition coefficient (Wildman–Crippen LogP) is 4.50. The van der Waals surface area contributed by atoms with E-state index >= 15 is 0 Å². The van der Waals surface area contributed by atoms with E-state index < -0.39 is 0 Å². The van der Waals surface area contributed by atoms with Gasteiger partial charge in [0.1, 0.15) is 5.60 Å². The Morgan fingerprint density at radius 1 is 0.966 bits per heavy atom. The van der Waals surface area contributed by atoms with Crippen LogP contribution in [0, 0.1) is 29.6 Å². The van der Waals surface area contributed by atoms with Gasteiger partial charge in [-0.1, -0.05) is 26.2 Å². The van der Waals surface area contributed by atoms with Crippen LogP contribution in [-0.2, 0) is 9.53 Å². The van der Waals surface area contributed by atoms with Crippen LogP contribution >= 0.6 is 0 Å². The Kier molecular flexibility index (Phi) is 5.28. The van der Waals surface area contributed by atoms with Gasteiger partial charge in [0.15, 0.2) is 0 Å². The number of rotatable bonds is 3. The molecule has 6 rings (SSSR count). The molecule has 4 bridgehead atoms. The molecule has 0 aromatic rings. The van der Waals surface area contributed by atoms with Crippen molar-refractivity contribution in [2.45, 2.75) is 95.6 Å². The van der Waals surface area contributed by atoms with Crippen LogP contribution in [0.15, 0.2) is 0 Å². The number of hydrogen-bond donors (Lipinski definition) is 1. The lowest BCUT2D eigenvalue weighted by molar-refractivity contribution is -0.195. The first kappa shape index (κ1) is 19.7. The Morgan fingerprint density at radius 3 is 2.38 bits per heavy atom. The molecule has 0 radical (unpaired) electrons. The normalized spacial score (nSPS) is 42.0. The molecular weight excluding hydrogens is 364 g/mol. The third kappa shape index (κ3) is 3.90. The number of nitrogens with zero attached hydrogens (tertiary/aromatic N) is 1. The minimum absolute atomic E-state index is 0.0783. The van der Waals surface area contributed by atoms with E-state index in [4.69, 9.17) is 4.74 Å². The molecule has 1 aliphatic heterocycles. The number of carbonyl (C=O) groups is 2. The third-order valence-corrected chi connectivity index (χ3v) is 8.71. The lowest BCUT2D eigenvalue weighted by Gasteiger charge is -2.59. The van der Waals surface area contributed by atoms with Crippen LogP contribution in [0.1, 0.15) is 84.0 Å². The third-order valence-electron chi connectivity index (χ3n) is 8.71. The second-order valence-electron chi connectivity index (χ2n) is 11.1. The Morgan fingerprint density at radius 2 is 1.69 bits per heavy atom. The molecular formula is C24H38N2O3. The average Bonchev–Trinajstić information content (AvgIpc) is 2.70. The lowest BCUT2D eigenvalue weighted by Crippen LogP contribution is -2.64. The summed E-state index contributed by atoms with van der Waals surface area (Å²) in [5, 5.41) is 3.43. The average molecular weight is 403 g/mol. The number of nitrogens with one attached hydrogen (secondary N) is 1. The molecule has 1 saturated heterocycles. The van der Waals surface area contributed by atoms with Gasteiger partial charge in [0.2, 0.25) is 0 Å². The Bertz CT molecular complexity index is 628. The molecule has 162 valence electrons. The van der Waals surface area contributed by atoms with Crippen molar-refractivity contribution in [3.05, 3.63) is 0 Å². The van der Waals surface area contributed by atoms with Gasteiger partial charge in [-0.15, -0.1) is 0 Å². The highest BCUT2D eigenvalue weighted by atomic mass is 16.6. The van der Waals surface area contributed by atoms with Gasteiger partial charge in [0.05, 0.1) is 5.92 Å². The first-order chi connectivity index (χ1) is 14.0. The summed E-state index contributed by atoms with van der Waals surface area (Å²) < 4.78 is 6.31. The van der Waals surface area contributed by atoms with E-state index in [0.29, 0.717) is 23.7 Å². The zero-order chi connectivity index (χ0) is 20.0. The molecule has 1 heterocycles. The smallest absolute Gasteiger partial charge is 0.317 e. The second-order valence-corrected chi connectivity index (χ2v) is 11.1. The van der Waals surface area contributed by atoms with Crippen molar-refractivity contribution in [2.24, 2.45) is 29.6 Å². The standard InChI is InChI=1S/C24H38N2O3/c1-16-6-5-9-26(15-16)23(28)25-21-19-10-17-11-20(21)14-24(12-17,13-19)29-22(27)18-7-3-2-4-8-18/h16-21H,2-15H2,1H3,(H,25,28)/t16-,17?,19?,20?,21?,24?/m0/s1. The van der Waals surface area contributed by atoms with Gasteiger partial charge in [0, 0.05) is 19.1 Å². The van der Waals surface area contributed by atoms with Crippen LogP contribution in [0.3, 0.4) is 0 Å². The van der Waals surface area contributed by atoms with E-state index in [1.807, 2.05) is 4.90 Å². The molecule has 0 spiro atoms. The summed E-state index contributed by atoms with van der Waals surface area (Å²) in [6, 6.07) is 0.417. The SMILES string of the molecule is C[C@H]1CCCN(C(=O)NC2C3CC4CC2CC(OC(=O)C2CCCCC2)(C4)C3)C1. The summed E-state index contributed by atoms with van der Waals surface area (Å²) in [4.78, 5) is 27.8. The second kappa shape index (κ2) is 7.77. The van der Waals surface area contributed by atoms with Crippen LogP contribution in [0.2, 0.25) is 0 Å². The first-order valence-corrected chi connectivity index (χ1v) is 12.3. The fraction of sp³-hybridized carbons (Fsp3) is 0.917. The fourth-order valence-corrected chi connectivity index (χ4v) is 7.55. The van der Waals surface area contributed by atoms with E-state index in [1.165, 1.54) is 38.5 Å². The molecule has 0 aromatic heterocycles. The maximum absolute atomic E-state index is 12.9. The summed E-state index contributed by atoms with van der Waals surface area (Å²) in [5.41, 5.74) is -0.230. The fourth-order valence-electron chi connectivity index (χ4n) is 7.55. The van der Waals surface area contributed by atoms with E-state index in [1.54, 1.807) is 0 Å². The maximum Gasteiger partial charge on any atom is 0.317 e. The van der Waals surface area contributed by atoms with Crippen molar-refractivity contribution in [3.63, 3.8) is 0 Å². The first-order valence-electron chi connectivity index (χ1n) is 12.3. The minimum Gasteiger partial charge on any atom is -0.459 e. The number of urea groups is 1. The summed E-state index contributed by atoms with van der Waals surface area (Å²) >= 11 is 0. The van der Waals surface area contributed by atoms with Gasteiger partial charge in [0.25, 0.3) is 0 Å². The number of piperidine rings is 1. The molecule has 29 heavy (non-hydrogen) atoms. The highest BCUT2D eigenvalue weighted by Crippen LogP contribution is 2.57. The van der Waals surface area contributed by atoms with Gasteiger partial charge in [-0.05, 0) is 81.5 Å². The minimum atomic E-state index is -0.230. The molecule has 6 aliphatic rings. The monoisotopic (exact) mass is 402 g/mol. The maximum atomic E-state index is 12.9. The van der Waals surface area contributed by atoms with Gasteiger partial charge in [-0.25, -0.2) is 4.79 Å². The summed E-state index contributed by atoms with van der Waals surface area (Å²) in [5.74, 6) is 2.45. The van der Waals surface area contributed by atoms with Crippen molar-refractivity contribution in [2.75, 3.05) is 13.1 Å². The van der Waals surface area contributed by atoms with Crippen molar-refractivity contribution in [1.82, 2.24) is 10.2 Å². The van der Waals surface area contributed by atoms with Crippen LogP contribution in [0.4, 0.5) is 4.79 Å². The van der Waals surface area contributed by atoms with Gasteiger partial charge in [-0.2, -0.15) is 0 Å². The van der Waals surface area contributed by atoms with E-state index in [-0.39, 0.29) is 29.6 Å². The van der Waals surface area contributed by atoms with Crippen molar-refractivity contribution in [1.29, 1.82) is 0 Å². The topological polar surface area (TPSA) is 58.6 Å². The molecule has 5 nitrogen and oxygen atoms in total. The molecule has 2 amide bonds.